The molecule has 1 heterocycles. The van der Waals surface area contributed by atoms with E-state index in [4.69, 9.17) is 11.6 Å². The Balaban J connectivity index is 1.94. The second kappa shape index (κ2) is 6.03. The summed E-state index contributed by atoms with van der Waals surface area (Å²) in [5, 5.41) is 5.32. The lowest BCUT2D eigenvalue weighted by Crippen LogP contribution is -2.42. The molecule has 2 rings (SSSR count). The molecular formula is C13H15ClN2O4S. The first-order valence-electron chi connectivity index (χ1n) is 6.35. The fourth-order valence-electron chi connectivity index (χ4n) is 2.02. The molecule has 0 aliphatic carbocycles. The zero-order chi connectivity index (χ0) is 15.6. The van der Waals surface area contributed by atoms with Gasteiger partial charge in [0.25, 0.3) is 0 Å². The quantitative estimate of drug-likeness (QED) is 0.788. The number of benzene rings is 1. The Labute approximate surface area is 127 Å². The van der Waals surface area contributed by atoms with Crippen LogP contribution in [0.3, 0.4) is 0 Å². The van der Waals surface area contributed by atoms with Crippen molar-refractivity contribution in [3.05, 3.63) is 28.8 Å². The Morgan fingerprint density at radius 1 is 1.29 bits per heavy atom. The van der Waals surface area contributed by atoms with E-state index in [9.17, 15) is 18.0 Å². The number of anilines is 1. The van der Waals surface area contributed by atoms with Crippen molar-refractivity contribution in [2.75, 3.05) is 16.8 Å². The molecule has 1 atom stereocenters. The summed E-state index contributed by atoms with van der Waals surface area (Å²) < 4.78 is 22.6. The highest BCUT2D eigenvalue weighted by Gasteiger charge is 2.30. The van der Waals surface area contributed by atoms with Gasteiger partial charge in [-0.2, -0.15) is 0 Å². The first kappa shape index (κ1) is 15.8. The number of sulfone groups is 1. The number of aryl methyl sites for hydroxylation is 1. The summed E-state index contributed by atoms with van der Waals surface area (Å²) in [5.41, 5.74) is 1.26. The average molecular weight is 331 g/mol. The molecular weight excluding hydrogens is 316 g/mol. The van der Waals surface area contributed by atoms with Crippen LogP contribution in [0.25, 0.3) is 0 Å². The van der Waals surface area contributed by atoms with E-state index in [-0.39, 0.29) is 11.5 Å². The molecule has 0 bridgehead atoms. The largest absolute Gasteiger partial charge is 0.344 e. The molecule has 0 aromatic heterocycles. The molecule has 114 valence electrons. The van der Waals surface area contributed by atoms with Crippen LogP contribution in [0.15, 0.2) is 18.2 Å². The molecule has 21 heavy (non-hydrogen) atoms. The Bertz CT molecular complexity index is 687. The number of hydrogen-bond acceptors (Lipinski definition) is 4. The molecule has 8 heteroatoms. The van der Waals surface area contributed by atoms with Gasteiger partial charge in [-0.25, -0.2) is 8.42 Å². The molecule has 1 aromatic rings. The van der Waals surface area contributed by atoms with Crippen LogP contribution in [0.2, 0.25) is 5.02 Å². The summed E-state index contributed by atoms with van der Waals surface area (Å²) in [6.45, 7) is 1.82. The summed E-state index contributed by atoms with van der Waals surface area (Å²) in [6.07, 6.45) is 0.331. The van der Waals surface area contributed by atoms with Crippen LogP contribution in [-0.2, 0) is 19.4 Å². The lowest BCUT2D eigenvalue weighted by Gasteiger charge is -2.11. The Hall–Kier alpha value is -1.60. The van der Waals surface area contributed by atoms with Gasteiger partial charge in [-0.05, 0) is 31.0 Å². The number of carbonyl (C=O) groups is 2. The minimum Gasteiger partial charge on any atom is -0.344 e. The minimum absolute atomic E-state index is 0.0349. The SMILES string of the molecule is Cc1ccc(NC(=O)C(=O)NC2CCS(=O)(=O)C2)cc1Cl. The average Bonchev–Trinajstić information content (AvgIpc) is 2.73. The van der Waals surface area contributed by atoms with Gasteiger partial charge >= 0.3 is 11.8 Å². The van der Waals surface area contributed by atoms with E-state index in [0.717, 1.165) is 5.56 Å². The van der Waals surface area contributed by atoms with Gasteiger partial charge in [0.1, 0.15) is 0 Å². The summed E-state index contributed by atoms with van der Waals surface area (Å²) in [6, 6.07) is 4.39. The van der Waals surface area contributed by atoms with Gasteiger partial charge in [-0.3, -0.25) is 9.59 Å². The van der Waals surface area contributed by atoms with E-state index in [1.807, 2.05) is 6.92 Å². The topological polar surface area (TPSA) is 92.3 Å². The summed E-state index contributed by atoms with van der Waals surface area (Å²) in [4.78, 5) is 23.5. The fraction of sp³-hybridized carbons (Fsp3) is 0.385. The maximum atomic E-state index is 11.7. The van der Waals surface area contributed by atoms with E-state index in [1.165, 1.54) is 0 Å². The van der Waals surface area contributed by atoms with Gasteiger partial charge in [0.15, 0.2) is 9.84 Å². The summed E-state index contributed by atoms with van der Waals surface area (Å²) in [7, 11) is -3.10. The standard InChI is InChI=1S/C13H15ClN2O4S/c1-8-2-3-9(6-11(8)14)15-12(17)13(18)16-10-4-5-21(19,20)7-10/h2-3,6,10H,4-5,7H2,1H3,(H,15,17)(H,16,18). The lowest BCUT2D eigenvalue weighted by atomic mass is 10.2. The van der Waals surface area contributed by atoms with Gasteiger partial charge in [0.05, 0.1) is 11.5 Å². The van der Waals surface area contributed by atoms with E-state index < -0.39 is 27.7 Å². The van der Waals surface area contributed by atoms with Crippen molar-refractivity contribution in [1.82, 2.24) is 5.32 Å². The molecule has 0 spiro atoms. The first-order chi connectivity index (χ1) is 9.77. The summed E-state index contributed by atoms with van der Waals surface area (Å²) in [5.74, 6) is -1.79. The van der Waals surface area contributed by atoms with Gasteiger partial charge in [-0.1, -0.05) is 17.7 Å². The number of rotatable bonds is 2. The third kappa shape index (κ3) is 4.18. The van der Waals surface area contributed by atoms with Crippen LogP contribution in [0.1, 0.15) is 12.0 Å². The summed E-state index contributed by atoms with van der Waals surface area (Å²) >= 11 is 5.93. The molecule has 0 radical (unpaired) electrons. The van der Waals surface area contributed by atoms with Gasteiger partial charge in [0.2, 0.25) is 0 Å². The second-order valence-corrected chi connectivity index (χ2v) is 7.63. The lowest BCUT2D eigenvalue weighted by molar-refractivity contribution is -0.136. The number of nitrogens with one attached hydrogen (secondary N) is 2. The van der Waals surface area contributed by atoms with Crippen molar-refractivity contribution in [2.24, 2.45) is 0 Å². The molecule has 2 amide bonds. The molecule has 6 nitrogen and oxygen atoms in total. The highest BCUT2D eigenvalue weighted by molar-refractivity contribution is 7.91. The number of hydrogen-bond donors (Lipinski definition) is 2. The normalized spacial score (nSPS) is 20.0. The minimum atomic E-state index is -3.10. The van der Waals surface area contributed by atoms with Crippen molar-refractivity contribution < 1.29 is 18.0 Å². The fourth-order valence-corrected chi connectivity index (χ4v) is 3.87. The Morgan fingerprint density at radius 2 is 2.00 bits per heavy atom. The molecule has 1 aliphatic heterocycles. The van der Waals surface area contributed by atoms with Crippen LogP contribution in [0.4, 0.5) is 5.69 Å². The molecule has 1 fully saturated rings. The smallest absolute Gasteiger partial charge is 0.313 e. The first-order valence-corrected chi connectivity index (χ1v) is 8.55. The van der Waals surface area contributed by atoms with Crippen molar-refractivity contribution in [2.45, 2.75) is 19.4 Å². The van der Waals surface area contributed by atoms with Crippen molar-refractivity contribution >= 4 is 38.9 Å². The maximum Gasteiger partial charge on any atom is 0.313 e. The predicted molar refractivity (Wildman–Crippen MR) is 80.0 cm³/mol. The van der Waals surface area contributed by atoms with E-state index in [2.05, 4.69) is 10.6 Å². The molecule has 1 aliphatic rings. The number of amides is 2. The second-order valence-electron chi connectivity index (χ2n) is 4.99. The zero-order valence-corrected chi connectivity index (χ0v) is 12.9. The Morgan fingerprint density at radius 3 is 2.57 bits per heavy atom. The van der Waals surface area contributed by atoms with Crippen molar-refractivity contribution in [3.8, 4) is 0 Å². The van der Waals surface area contributed by atoms with Gasteiger partial charge in [0, 0.05) is 16.8 Å². The molecule has 1 unspecified atom stereocenters. The number of carbonyl (C=O) groups excluding carboxylic acids is 2. The molecule has 0 saturated carbocycles. The number of halogens is 1. The highest BCUT2D eigenvalue weighted by Crippen LogP contribution is 2.19. The monoisotopic (exact) mass is 330 g/mol. The molecule has 1 saturated heterocycles. The zero-order valence-electron chi connectivity index (χ0n) is 11.3. The highest BCUT2D eigenvalue weighted by atomic mass is 35.5. The van der Waals surface area contributed by atoms with E-state index in [1.54, 1.807) is 18.2 Å². The van der Waals surface area contributed by atoms with Crippen LogP contribution in [0, 0.1) is 6.92 Å². The van der Waals surface area contributed by atoms with Crippen molar-refractivity contribution in [3.63, 3.8) is 0 Å². The molecule has 2 N–H and O–H groups in total. The van der Waals surface area contributed by atoms with Crippen LogP contribution in [0.5, 0.6) is 0 Å². The van der Waals surface area contributed by atoms with E-state index >= 15 is 0 Å². The van der Waals surface area contributed by atoms with Gasteiger partial charge in [-0.15, -0.1) is 0 Å². The van der Waals surface area contributed by atoms with Crippen LogP contribution >= 0.6 is 11.6 Å². The van der Waals surface area contributed by atoms with Crippen LogP contribution in [-0.4, -0.2) is 37.8 Å². The maximum absolute atomic E-state index is 11.7. The van der Waals surface area contributed by atoms with Crippen LogP contribution < -0.4 is 10.6 Å². The third-order valence-corrected chi connectivity index (χ3v) is 5.38. The van der Waals surface area contributed by atoms with Gasteiger partial charge < -0.3 is 10.6 Å². The third-order valence-electron chi connectivity index (χ3n) is 3.20. The molecule has 1 aromatic carbocycles. The van der Waals surface area contributed by atoms with E-state index in [0.29, 0.717) is 17.1 Å². The van der Waals surface area contributed by atoms with Crippen molar-refractivity contribution in [1.29, 1.82) is 0 Å². The predicted octanol–water partition coefficient (Wildman–Crippen LogP) is 0.890. The Kier molecular flexibility index (Phi) is 4.53.